The van der Waals surface area contributed by atoms with Gasteiger partial charge in [0, 0.05) is 54.8 Å². The maximum Gasteiger partial charge on any atom is 0.354 e. The molecule has 0 atom stereocenters. The van der Waals surface area contributed by atoms with Crippen LogP contribution in [0.5, 0.6) is 0 Å². The molecule has 55 heavy (non-hydrogen) atoms. The lowest BCUT2D eigenvalue weighted by Crippen LogP contribution is -2.46. The number of carbonyl (C=O) groups excluding carboxylic acids is 1. The van der Waals surface area contributed by atoms with Crippen molar-refractivity contribution in [2.75, 3.05) is 32.7 Å². The number of carbonyl (C=O) groups is 1. The Morgan fingerprint density at radius 2 is 1.62 bits per heavy atom. The highest BCUT2D eigenvalue weighted by Gasteiger charge is 2.32. The number of aliphatic imine (C=N–C) groups is 1. The van der Waals surface area contributed by atoms with Gasteiger partial charge in [0.2, 0.25) is 15.9 Å². The molecule has 300 valence electrons. The molecule has 0 spiro atoms. The molecule has 0 radical (unpaired) electrons. The Kier molecular flexibility index (Phi) is 14.8. The van der Waals surface area contributed by atoms with Gasteiger partial charge < -0.3 is 32.8 Å². The van der Waals surface area contributed by atoms with Crippen LogP contribution in [0.4, 0.5) is 0 Å². The molecule has 0 unspecified atom stereocenters. The van der Waals surface area contributed by atoms with Gasteiger partial charge in [0.05, 0.1) is 10.6 Å². The van der Waals surface area contributed by atoms with Gasteiger partial charge in [0.1, 0.15) is 5.65 Å². The molecule has 5 rings (SSSR count). The summed E-state index contributed by atoms with van der Waals surface area (Å²) in [6.07, 6.45) is 4.89. The number of aromatic amines is 1. The fourth-order valence-corrected chi connectivity index (χ4v) is 7.99. The second kappa shape index (κ2) is 18.8. The Balaban J connectivity index is 0.000000246. The molecule has 2 aromatic heterocycles. The Morgan fingerprint density at radius 3 is 2.20 bits per heavy atom. The van der Waals surface area contributed by atoms with Crippen molar-refractivity contribution in [1.82, 2.24) is 29.5 Å². The fraction of sp³-hybridized carbons (Fsp3) is 0.500. The van der Waals surface area contributed by atoms with Gasteiger partial charge in [0.25, 0.3) is 0 Å². The minimum Gasteiger partial charge on any atom is -0.370 e. The monoisotopic (exact) mass is 776 g/mol. The molecule has 4 aromatic rings. The van der Waals surface area contributed by atoms with Crippen molar-refractivity contribution in [3.8, 4) is 5.69 Å². The highest BCUT2D eigenvalue weighted by Crippen LogP contribution is 2.28. The summed E-state index contributed by atoms with van der Waals surface area (Å²) >= 11 is 0. The van der Waals surface area contributed by atoms with Crippen LogP contribution in [0.1, 0.15) is 90.5 Å². The van der Waals surface area contributed by atoms with Gasteiger partial charge in [-0.2, -0.15) is 9.29 Å². The zero-order valence-corrected chi connectivity index (χ0v) is 34.0. The van der Waals surface area contributed by atoms with Gasteiger partial charge in [-0.25, -0.2) is 13.2 Å². The highest BCUT2D eigenvalue weighted by molar-refractivity contribution is 7.89. The van der Waals surface area contributed by atoms with E-state index in [1.807, 2.05) is 42.6 Å². The summed E-state index contributed by atoms with van der Waals surface area (Å²) < 4.78 is 29.7. The highest BCUT2D eigenvalue weighted by atomic mass is 32.2. The maximum absolute atomic E-state index is 13.3. The first-order valence-corrected chi connectivity index (χ1v) is 20.4. The lowest BCUT2D eigenvalue weighted by molar-refractivity contribution is -0.118. The number of nitrogens with two attached hydrogens (primary N) is 3. The minimum absolute atomic E-state index is 0.0293. The fourth-order valence-electron chi connectivity index (χ4n) is 6.27. The number of piperidine rings is 1. The smallest absolute Gasteiger partial charge is 0.354 e. The van der Waals surface area contributed by atoms with Crippen molar-refractivity contribution < 1.29 is 13.2 Å². The van der Waals surface area contributed by atoms with Crippen LogP contribution in [0.15, 0.2) is 75.5 Å². The normalized spacial score (nSPS) is 14.1. The van der Waals surface area contributed by atoms with Crippen molar-refractivity contribution in [2.24, 2.45) is 22.2 Å². The van der Waals surface area contributed by atoms with Gasteiger partial charge in [0.15, 0.2) is 5.96 Å². The zero-order valence-electron chi connectivity index (χ0n) is 33.2. The molecule has 1 fully saturated rings. The van der Waals surface area contributed by atoms with E-state index >= 15 is 0 Å². The zero-order chi connectivity index (χ0) is 40.4. The van der Waals surface area contributed by atoms with E-state index in [4.69, 9.17) is 17.2 Å². The molecular weight excluding hydrogens is 717 g/mol. The third-order valence-electron chi connectivity index (χ3n) is 9.51. The molecule has 0 saturated carbocycles. The molecule has 1 aliphatic rings. The number of amides is 1. The SMILES string of the molecule is CC(C)(C)c1cc2cn(-c3ccc(CNCCCN=C(N)N)cc3)c(=O)nc2[nH]1.CC(C)(C)c1ccc(S(=O)(=O)N(CCCC(N)=O)C2CCNCC2)cc1. The third kappa shape index (κ3) is 12.5. The van der Waals surface area contributed by atoms with Crippen LogP contribution in [-0.4, -0.2) is 77.9 Å². The summed E-state index contributed by atoms with van der Waals surface area (Å²) in [7, 11) is -3.61. The maximum atomic E-state index is 13.3. The summed E-state index contributed by atoms with van der Waals surface area (Å²) in [5.41, 5.74) is 20.1. The second-order valence-electron chi connectivity index (χ2n) is 16.1. The Hall–Kier alpha value is -4.57. The van der Waals surface area contributed by atoms with Crippen LogP contribution in [0.25, 0.3) is 16.7 Å². The first-order valence-electron chi connectivity index (χ1n) is 19.0. The lowest BCUT2D eigenvalue weighted by atomic mass is 9.87. The Morgan fingerprint density at radius 1 is 0.964 bits per heavy atom. The Labute approximate surface area is 325 Å². The van der Waals surface area contributed by atoms with Gasteiger partial charge in [-0.1, -0.05) is 65.8 Å². The van der Waals surface area contributed by atoms with E-state index in [-0.39, 0.29) is 34.9 Å². The van der Waals surface area contributed by atoms with Crippen LogP contribution in [0, 0.1) is 0 Å². The average Bonchev–Trinajstić information content (AvgIpc) is 3.55. The van der Waals surface area contributed by atoms with Crippen LogP contribution in [0.2, 0.25) is 0 Å². The summed E-state index contributed by atoms with van der Waals surface area (Å²) in [6, 6.07) is 17.0. The van der Waals surface area contributed by atoms with Crippen LogP contribution in [0.3, 0.4) is 0 Å². The van der Waals surface area contributed by atoms with Crippen LogP contribution >= 0.6 is 0 Å². The molecule has 1 saturated heterocycles. The van der Waals surface area contributed by atoms with E-state index in [9.17, 15) is 18.0 Å². The van der Waals surface area contributed by atoms with E-state index < -0.39 is 15.9 Å². The molecule has 0 bridgehead atoms. The number of fused-ring (bicyclic) bond motifs is 1. The van der Waals surface area contributed by atoms with Crippen molar-refractivity contribution in [2.45, 2.75) is 102 Å². The number of nitrogens with one attached hydrogen (secondary N) is 3. The van der Waals surface area contributed by atoms with Gasteiger partial charge in [-0.15, -0.1) is 0 Å². The van der Waals surface area contributed by atoms with Gasteiger partial charge in [-0.05, 0) is 92.2 Å². The predicted octanol–water partition coefficient (Wildman–Crippen LogP) is 3.76. The summed E-state index contributed by atoms with van der Waals surface area (Å²) in [5, 5.41) is 7.53. The van der Waals surface area contributed by atoms with Crippen molar-refractivity contribution in [1.29, 1.82) is 0 Å². The molecule has 14 nitrogen and oxygen atoms in total. The van der Waals surface area contributed by atoms with E-state index in [2.05, 4.69) is 73.2 Å². The molecule has 9 N–H and O–H groups in total. The number of primary amides is 1. The van der Waals surface area contributed by atoms with Crippen molar-refractivity contribution >= 4 is 32.9 Å². The average molecular weight is 777 g/mol. The summed E-state index contributed by atoms with van der Waals surface area (Å²) in [5.74, 6) is -0.278. The third-order valence-corrected chi connectivity index (χ3v) is 11.5. The standard InChI is InChI=1S/C21H29N7O.C19H31N3O3S/c1-21(2,3)17-11-15-13-28(20(29)27-18(15)26-17)16-7-5-14(6-8-16)12-24-9-4-10-25-19(22)23;1-19(2,3)15-6-8-17(9-7-15)26(24,25)22(14-4-5-18(20)23)16-10-12-21-13-11-16/h5-8,11,13,24H,4,9-10,12H2,1-3H3,(H4,22,23,25)(H,26,27,29);6-9,16,21H,4-5,10-14H2,1-3H3,(H2,20,23). The largest absolute Gasteiger partial charge is 0.370 e. The van der Waals surface area contributed by atoms with E-state index in [0.717, 1.165) is 73.3 Å². The quantitative estimate of drug-likeness (QED) is 0.0623. The first kappa shape index (κ1) is 43.2. The van der Waals surface area contributed by atoms with E-state index in [0.29, 0.717) is 30.1 Å². The van der Waals surface area contributed by atoms with Gasteiger partial charge in [-0.3, -0.25) is 14.4 Å². The number of benzene rings is 2. The summed E-state index contributed by atoms with van der Waals surface area (Å²) in [6.45, 7) is 16.8. The minimum atomic E-state index is -3.61. The Bertz CT molecular complexity index is 2050. The number of sulfonamides is 1. The molecule has 15 heteroatoms. The van der Waals surface area contributed by atoms with Crippen molar-refractivity contribution in [3.63, 3.8) is 0 Å². The topological polar surface area (TPSA) is 220 Å². The number of nitrogens with zero attached hydrogens (tertiary/aromatic N) is 4. The van der Waals surface area contributed by atoms with Crippen LogP contribution < -0.4 is 33.5 Å². The molecule has 2 aromatic carbocycles. The molecule has 3 heterocycles. The number of H-pyrrole nitrogens is 1. The first-order chi connectivity index (χ1) is 25.9. The number of hydrogen-bond acceptors (Lipinski definition) is 8. The number of aromatic nitrogens is 3. The number of guanidine groups is 1. The predicted molar refractivity (Wildman–Crippen MR) is 221 cm³/mol. The number of hydrogen-bond donors (Lipinski definition) is 6. The molecular formula is C40H60N10O4S. The second-order valence-corrected chi connectivity index (χ2v) is 18.0. The molecule has 1 aliphatic heterocycles. The lowest BCUT2D eigenvalue weighted by Gasteiger charge is -2.34. The van der Waals surface area contributed by atoms with E-state index in [1.165, 1.54) is 0 Å². The molecule has 0 aliphatic carbocycles. The molecule has 1 amide bonds. The van der Waals surface area contributed by atoms with Crippen molar-refractivity contribution in [3.05, 3.63) is 88.1 Å². The summed E-state index contributed by atoms with van der Waals surface area (Å²) in [4.78, 5) is 35.3. The number of rotatable bonds is 14. The van der Waals surface area contributed by atoms with Crippen LogP contribution in [-0.2, 0) is 32.2 Å². The van der Waals surface area contributed by atoms with E-state index in [1.54, 1.807) is 21.0 Å². The van der Waals surface area contributed by atoms with Gasteiger partial charge >= 0.3 is 5.69 Å².